The van der Waals surface area contributed by atoms with Crippen LogP contribution in [0, 0.1) is 0 Å². The lowest BCUT2D eigenvalue weighted by Crippen LogP contribution is -2.02. The molecule has 0 bridgehead atoms. The Morgan fingerprint density at radius 2 is 1.81 bits per heavy atom. The van der Waals surface area contributed by atoms with E-state index in [0.717, 1.165) is 16.8 Å². The number of halogens is 1. The third-order valence-electron chi connectivity index (χ3n) is 3.23. The van der Waals surface area contributed by atoms with Gasteiger partial charge in [0.05, 0.1) is 6.20 Å². The Kier molecular flexibility index (Phi) is 3.71. The molecule has 2 heterocycles. The van der Waals surface area contributed by atoms with Gasteiger partial charge < -0.3 is 0 Å². The van der Waals surface area contributed by atoms with Crippen molar-refractivity contribution in [3.63, 3.8) is 0 Å². The molecule has 0 saturated heterocycles. The van der Waals surface area contributed by atoms with Crippen molar-refractivity contribution in [1.82, 2.24) is 19.6 Å². The Labute approximate surface area is 128 Å². The highest BCUT2D eigenvalue weighted by Gasteiger charge is 2.15. The van der Waals surface area contributed by atoms with Gasteiger partial charge in [-0.05, 0) is 17.5 Å². The fourth-order valence-electron chi connectivity index (χ4n) is 2.11. The van der Waals surface area contributed by atoms with E-state index in [2.05, 4.69) is 28.9 Å². The predicted octanol–water partition coefficient (Wildman–Crippen LogP) is 3.97. The van der Waals surface area contributed by atoms with Crippen LogP contribution in [-0.2, 0) is 0 Å². The quantitative estimate of drug-likeness (QED) is 0.842. The van der Waals surface area contributed by atoms with E-state index in [1.165, 1.54) is 0 Å². The van der Waals surface area contributed by atoms with Crippen molar-refractivity contribution in [3.8, 4) is 0 Å². The second-order valence-corrected chi connectivity index (χ2v) is 5.40. The molecule has 0 spiro atoms. The Balaban J connectivity index is 2.17. The molecule has 0 unspecified atom stereocenters. The fraction of sp³-hybridized carbons (Fsp3) is 0.188. The molecule has 0 aromatic carbocycles. The van der Waals surface area contributed by atoms with E-state index in [-0.39, 0.29) is 0 Å². The third kappa shape index (κ3) is 2.67. The molecule has 0 radical (unpaired) electrons. The van der Waals surface area contributed by atoms with Gasteiger partial charge in [-0.25, -0.2) is 4.98 Å². The molecule has 1 aliphatic rings. The van der Waals surface area contributed by atoms with E-state index in [9.17, 15) is 0 Å². The van der Waals surface area contributed by atoms with Crippen LogP contribution in [0.15, 0.2) is 48.7 Å². The van der Waals surface area contributed by atoms with Gasteiger partial charge in [0.2, 0.25) is 5.28 Å². The minimum absolute atomic E-state index is 0.317. The molecule has 21 heavy (non-hydrogen) atoms. The van der Waals surface area contributed by atoms with E-state index in [1.54, 1.807) is 10.7 Å². The summed E-state index contributed by atoms with van der Waals surface area (Å²) in [6.07, 6.45) is 15.5. The lowest BCUT2D eigenvalue weighted by atomic mass is 10.1. The highest BCUT2D eigenvalue weighted by molar-refractivity contribution is 6.28. The monoisotopic (exact) mass is 298 g/mol. The van der Waals surface area contributed by atoms with Gasteiger partial charge >= 0.3 is 0 Å². The van der Waals surface area contributed by atoms with Crippen LogP contribution in [0.5, 0.6) is 0 Å². The van der Waals surface area contributed by atoms with Crippen LogP contribution < -0.4 is 0 Å². The summed E-state index contributed by atoms with van der Waals surface area (Å²) in [6, 6.07) is 0. The minimum atomic E-state index is 0.317. The maximum atomic E-state index is 6.24. The van der Waals surface area contributed by atoms with E-state index in [4.69, 9.17) is 11.6 Å². The van der Waals surface area contributed by atoms with Crippen LogP contribution in [0.2, 0.25) is 5.28 Å². The number of rotatable bonds is 2. The molecule has 5 heteroatoms. The van der Waals surface area contributed by atoms with Crippen LogP contribution in [-0.4, -0.2) is 19.6 Å². The number of aromatic nitrogens is 4. The first kappa shape index (κ1) is 13.8. The molecule has 1 aliphatic carbocycles. The number of fused-ring (bicyclic) bond motifs is 1. The summed E-state index contributed by atoms with van der Waals surface area (Å²) in [6.45, 7) is 4.21. The van der Waals surface area contributed by atoms with Gasteiger partial charge in [0.15, 0.2) is 11.5 Å². The summed E-state index contributed by atoms with van der Waals surface area (Å²) >= 11 is 6.24. The van der Waals surface area contributed by atoms with Crippen molar-refractivity contribution >= 4 is 22.8 Å². The summed E-state index contributed by atoms with van der Waals surface area (Å²) in [7, 11) is 0. The van der Waals surface area contributed by atoms with Crippen molar-refractivity contribution in [3.05, 3.63) is 65.4 Å². The first-order chi connectivity index (χ1) is 10.2. The summed E-state index contributed by atoms with van der Waals surface area (Å²) in [5.74, 6) is 0.928. The van der Waals surface area contributed by atoms with E-state index < -0.39 is 0 Å². The zero-order valence-electron chi connectivity index (χ0n) is 11.9. The first-order valence-electron chi connectivity index (χ1n) is 6.80. The van der Waals surface area contributed by atoms with Gasteiger partial charge in [-0.2, -0.15) is 14.6 Å². The summed E-state index contributed by atoms with van der Waals surface area (Å²) < 4.78 is 1.57. The topological polar surface area (TPSA) is 43.1 Å². The average molecular weight is 299 g/mol. The summed E-state index contributed by atoms with van der Waals surface area (Å²) in [5.41, 5.74) is 2.73. The van der Waals surface area contributed by atoms with Gasteiger partial charge in [0.1, 0.15) is 0 Å². The molecule has 0 saturated carbocycles. The number of hydrogen-bond donors (Lipinski definition) is 0. The lowest BCUT2D eigenvalue weighted by Gasteiger charge is -2.06. The number of hydrogen-bond acceptors (Lipinski definition) is 3. The molecule has 3 rings (SSSR count). The maximum absolute atomic E-state index is 6.24. The standard InChI is InChI=1S/C16H15ClN4/c1-11(2)13-10-18-21-15(13)19-14(20-16(21)17)12-8-6-4-3-5-7-9-12/h3-11H,1-2H3/b4-3-,5-3?,6-4?,7-5-,8-6-,9-7?,12-8?,12-9+. The van der Waals surface area contributed by atoms with Gasteiger partial charge in [0.25, 0.3) is 0 Å². The van der Waals surface area contributed by atoms with Crippen LogP contribution in [0.1, 0.15) is 31.2 Å². The second kappa shape index (κ2) is 5.66. The van der Waals surface area contributed by atoms with Gasteiger partial charge in [-0.3, -0.25) is 0 Å². The molecule has 0 N–H and O–H groups in total. The van der Waals surface area contributed by atoms with Crippen molar-refractivity contribution < 1.29 is 0 Å². The van der Waals surface area contributed by atoms with Crippen LogP contribution in [0.3, 0.4) is 0 Å². The average Bonchev–Trinajstić information content (AvgIpc) is 2.82. The molecule has 0 fully saturated rings. The number of nitrogens with zero attached hydrogens (tertiary/aromatic N) is 4. The van der Waals surface area contributed by atoms with Crippen LogP contribution in [0.25, 0.3) is 11.2 Å². The number of allylic oxidation sites excluding steroid dienone is 8. The van der Waals surface area contributed by atoms with Crippen molar-refractivity contribution in [2.75, 3.05) is 0 Å². The Hall–Kier alpha value is -2.20. The highest BCUT2D eigenvalue weighted by Crippen LogP contribution is 2.23. The Morgan fingerprint density at radius 1 is 1.05 bits per heavy atom. The SMILES string of the molecule is CC(C)c1cnn2c(Cl)nc(C3=C/C=C\C=C/C=C\3)nc12. The summed E-state index contributed by atoms with van der Waals surface area (Å²) in [5, 5.41) is 4.57. The molecule has 2 aromatic rings. The normalized spacial score (nSPS) is 21.6. The lowest BCUT2D eigenvalue weighted by molar-refractivity contribution is 0.864. The highest BCUT2D eigenvalue weighted by atomic mass is 35.5. The van der Waals surface area contributed by atoms with Crippen LogP contribution in [0.4, 0.5) is 0 Å². The molecule has 4 nitrogen and oxygen atoms in total. The van der Waals surface area contributed by atoms with E-state index in [1.807, 2.05) is 42.5 Å². The molecule has 106 valence electrons. The zero-order chi connectivity index (χ0) is 14.8. The molecular weight excluding hydrogens is 284 g/mol. The third-order valence-corrected chi connectivity index (χ3v) is 3.48. The fourth-order valence-corrected chi connectivity index (χ4v) is 2.32. The largest absolute Gasteiger partial charge is 0.227 e. The predicted molar refractivity (Wildman–Crippen MR) is 85.3 cm³/mol. The molecule has 0 atom stereocenters. The van der Waals surface area contributed by atoms with Gasteiger partial charge in [-0.1, -0.05) is 56.4 Å². The molecular formula is C16H15ClN4. The molecule has 0 amide bonds. The molecule has 2 aromatic heterocycles. The Bertz CT molecular complexity index is 794. The Morgan fingerprint density at radius 3 is 2.62 bits per heavy atom. The van der Waals surface area contributed by atoms with Crippen molar-refractivity contribution in [1.29, 1.82) is 0 Å². The maximum Gasteiger partial charge on any atom is 0.227 e. The van der Waals surface area contributed by atoms with Gasteiger partial charge in [-0.15, -0.1) is 0 Å². The molecule has 0 aliphatic heterocycles. The minimum Gasteiger partial charge on any atom is -0.208 e. The van der Waals surface area contributed by atoms with Crippen molar-refractivity contribution in [2.24, 2.45) is 0 Å². The van der Waals surface area contributed by atoms with E-state index in [0.29, 0.717) is 17.0 Å². The van der Waals surface area contributed by atoms with Crippen molar-refractivity contribution in [2.45, 2.75) is 19.8 Å². The zero-order valence-corrected chi connectivity index (χ0v) is 12.6. The van der Waals surface area contributed by atoms with E-state index >= 15 is 0 Å². The first-order valence-corrected chi connectivity index (χ1v) is 7.18. The smallest absolute Gasteiger partial charge is 0.208 e. The summed E-state index contributed by atoms with van der Waals surface area (Å²) in [4.78, 5) is 8.99. The van der Waals surface area contributed by atoms with Crippen LogP contribution >= 0.6 is 11.6 Å². The van der Waals surface area contributed by atoms with Gasteiger partial charge in [0, 0.05) is 11.1 Å². The second-order valence-electron chi connectivity index (χ2n) is 5.06.